The van der Waals surface area contributed by atoms with Crippen molar-refractivity contribution in [2.45, 2.75) is 13.5 Å². The lowest BCUT2D eigenvalue weighted by molar-refractivity contribution is -0.385. The summed E-state index contributed by atoms with van der Waals surface area (Å²) in [6.07, 6.45) is 1.56. The largest absolute Gasteiger partial charge is 0.493 e. The molecule has 0 aliphatic carbocycles. The molecule has 0 unspecified atom stereocenters. The minimum Gasteiger partial charge on any atom is -0.493 e. The minimum absolute atomic E-state index is 0.0280. The van der Waals surface area contributed by atoms with Gasteiger partial charge in [0.15, 0.2) is 11.5 Å². The summed E-state index contributed by atoms with van der Waals surface area (Å²) in [5.41, 5.74) is 0.111. The second kappa shape index (κ2) is 8.30. The first-order chi connectivity index (χ1) is 12.4. The number of aliphatic hydroxyl groups is 1. The number of nitro groups is 1. The van der Waals surface area contributed by atoms with Crippen LogP contribution in [0.4, 0.5) is 5.69 Å². The standard InChI is InChI=1S/C16H19N3O7/c1-10-8-18(2)16(21)17-15(10)26-9-11-6-13(24-3)14(25-5-4-20)7-12(11)19(22)23/h6-8,20H,4-5,9H2,1-3H3. The van der Waals surface area contributed by atoms with Gasteiger partial charge in [-0.25, -0.2) is 4.79 Å². The smallest absolute Gasteiger partial charge is 0.350 e. The average molecular weight is 365 g/mol. The lowest BCUT2D eigenvalue weighted by atomic mass is 10.1. The molecule has 0 saturated heterocycles. The molecule has 10 nitrogen and oxygen atoms in total. The first-order valence-corrected chi connectivity index (χ1v) is 7.63. The molecule has 0 radical (unpaired) electrons. The third-order valence-corrected chi connectivity index (χ3v) is 3.50. The molecule has 1 aromatic heterocycles. The van der Waals surface area contributed by atoms with Gasteiger partial charge in [0.2, 0.25) is 5.88 Å². The molecule has 0 saturated carbocycles. The van der Waals surface area contributed by atoms with Gasteiger partial charge in [-0.2, -0.15) is 4.98 Å². The normalized spacial score (nSPS) is 10.5. The van der Waals surface area contributed by atoms with Crippen LogP contribution >= 0.6 is 0 Å². The van der Waals surface area contributed by atoms with E-state index in [4.69, 9.17) is 19.3 Å². The molecule has 26 heavy (non-hydrogen) atoms. The first-order valence-electron chi connectivity index (χ1n) is 7.63. The Morgan fingerprint density at radius 2 is 2.04 bits per heavy atom. The second-order valence-corrected chi connectivity index (χ2v) is 5.37. The Hall–Kier alpha value is -3.14. The number of aryl methyl sites for hydroxylation is 2. The van der Waals surface area contributed by atoms with Crippen LogP contribution in [0.5, 0.6) is 17.4 Å². The van der Waals surface area contributed by atoms with Crippen LogP contribution in [0.25, 0.3) is 0 Å². The Labute approximate surface area is 148 Å². The molecule has 0 atom stereocenters. The number of hydrogen-bond donors (Lipinski definition) is 1. The lowest BCUT2D eigenvalue weighted by Gasteiger charge is -2.13. The number of nitrogens with zero attached hydrogens (tertiary/aromatic N) is 3. The number of benzene rings is 1. The summed E-state index contributed by atoms with van der Waals surface area (Å²) in [5.74, 6) is 0.498. The van der Waals surface area contributed by atoms with Crippen molar-refractivity contribution in [1.29, 1.82) is 0 Å². The van der Waals surface area contributed by atoms with E-state index >= 15 is 0 Å². The maximum atomic E-state index is 11.6. The zero-order valence-corrected chi connectivity index (χ0v) is 14.6. The van der Waals surface area contributed by atoms with Crippen molar-refractivity contribution in [2.24, 2.45) is 7.05 Å². The summed E-state index contributed by atoms with van der Waals surface area (Å²) in [7, 11) is 2.96. The van der Waals surface area contributed by atoms with Crippen LogP contribution in [-0.4, -0.2) is 39.9 Å². The maximum absolute atomic E-state index is 11.6. The van der Waals surface area contributed by atoms with Crippen LogP contribution in [0.1, 0.15) is 11.1 Å². The van der Waals surface area contributed by atoms with Gasteiger partial charge in [-0.05, 0) is 13.0 Å². The summed E-state index contributed by atoms with van der Waals surface area (Å²) in [6.45, 7) is 1.26. The Morgan fingerprint density at radius 1 is 1.31 bits per heavy atom. The Morgan fingerprint density at radius 3 is 2.65 bits per heavy atom. The topological polar surface area (TPSA) is 126 Å². The molecule has 10 heteroatoms. The summed E-state index contributed by atoms with van der Waals surface area (Å²) in [5, 5.41) is 20.2. The third kappa shape index (κ3) is 4.28. The van der Waals surface area contributed by atoms with Crippen molar-refractivity contribution in [3.05, 3.63) is 50.1 Å². The van der Waals surface area contributed by atoms with Crippen LogP contribution in [0, 0.1) is 17.0 Å². The molecule has 2 rings (SSSR count). The highest BCUT2D eigenvalue weighted by Crippen LogP contribution is 2.35. The Kier molecular flexibility index (Phi) is 6.12. The molecule has 0 fully saturated rings. The molecule has 0 aliphatic heterocycles. The van der Waals surface area contributed by atoms with Crippen molar-refractivity contribution in [2.75, 3.05) is 20.3 Å². The van der Waals surface area contributed by atoms with E-state index in [0.717, 1.165) is 0 Å². The highest BCUT2D eigenvalue weighted by atomic mass is 16.6. The van der Waals surface area contributed by atoms with Crippen LogP contribution in [0.2, 0.25) is 0 Å². The van der Waals surface area contributed by atoms with Crippen LogP contribution in [-0.2, 0) is 13.7 Å². The molecular weight excluding hydrogens is 346 g/mol. The van der Waals surface area contributed by atoms with E-state index in [1.807, 2.05) is 0 Å². The van der Waals surface area contributed by atoms with Crippen molar-refractivity contribution in [1.82, 2.24) is 9.55 Å². The van der Waals surface area contributed by atoms with E-state index in [-0.39, 0.29) is 48.5 Å². The van der Waals surface area contributed by atoms with Gasteiger partial charge in [-0.3, -0.25) is 10.1 Å². The predicted molar refractivity (Wildman–Crippen MR) is 90.8 cm³/mol. The molecule has 0 aliphatic rings. The molecule has 0 amide bonds. The molecule has 1 aromatic carbocycles. The molecule has 140 valence electrons. The van der Waals surface area contributed by atoms with E-state index in [2.05, 4.69) is 4.98 Å². The van der Waals surface area contributed by atoms with Gasteiger partial charge in [-0.1, -0.05) is 0 Å². The van der Waals surface area contributed by atoms with Crippen LogP contribution in [0.15, 0.2) is 23.1 Å². The number of rotatable bonds is 8. The Bertz CT molecular complexity index is 864. The molecule has 2 aromatic rings. The van der Waals surface area contributed by atoms with E-state index in [1.165, 1.54) is 23.8 Å². The van der Waals surface area contributed by atoms with Gasteiger partial charge in [0.25, 0.3) is 5.69 Å². The van der Waals surface area contributed by atoms with Crippen LogP contribution < -0.4 is 19.9 Å². The SMILES string of the molecule is COc1cc(COc2nc(=O)n(C)cc2C)c([N+](=O)[O-])cc1OCCO. The summed E-state index contributed by atoms with van der Waals surface area (Å²) >= 11 is 0. The molecule has 1 N–H and O–H groups in total. The number of methoxy groups -OCH3 is 1. The number of ether oxygens (including phenoxy) is 3. The van der Waals surface area contributed by atoms with Crippen molar-refractivity contribution in [3.8, 4) is 17.4 Å². The number of aromatic nitrogens is 2. The van der Waals surface area contributed by atoms with Crippen molar-refractivity contribution < 1.29 is 24.2 Å². The lowest BCUT2D eigenvalue weighted by Crippen LogP contribution is -2.21. The monoisotopic (exact) mass is 365 g/mol. The average Bonchev–Trinajstić information content (AvgIpc) is 2.61. The molecule has 1 heterocycles. The Balaban J connectivity index is 2.34. The van der Waals surface area contributed by atoms with Gasteiger partial charge in [-0.15, -0.1) is 0 Å². The van der Waals surface area contributed by atoms with E-state index in [9.17, 15) is 14.9 Å². The molecule has 0 spiro atoms. The highest BCUT2D eigenvalue weighted by molar-refractivity contribution is 5.54. The predicted octanol–water partition coefficient (Wildman–Crippen LogP) is 0.956. The zero-order chi connectivity index (χ0) is 19.3. The van der Waals surface area contributed by atoms with Gasteiger partial charge >= 0.3 is 5.69 Å². The second-order valence-electron chi connectivity index (χ2n) is 5.37. The van der Waals surface area contributed by atoms with Crippen molar-refractivity contribution >= 4 is 5.69 Å². The van der Waals surface area contributed by atoms with Crippen molar-refractivity contribution in [3.63, 3.8) is 0 Å². The summed E-state index contributed by atoms with van der Waals surface area (Å²) < 4.78 is 17.2. The maximum Gasteiger partial charge on any atom is 0.350 e. The van der Waals surface area contributed by atoms with Gasteiger partial charge in [0.1, 0.15) is 13.2 Å². The number of hydrogen-bond acceptors (Lipinski definition) is 8. The first kappa shape index (κ1) is 19.2. The van der Waals surface area contributed by atoms with E-state index in [1.54, 1.807) is 20.2 Å². The van der Waals surface area contributed by atoms with Gasteiger partial charge < -0.3 is 23.9 Å². The zero-order valence-electron chi connectivity index (χ0n) is 14.6. The van der Waals surface area contributed by atoms with Gasteiger partial charge in [0.05, 0.1) is 30.3 Å². The van der Waals surface area contributed by atoms with Gasteiger partial charge in [0, 0.05) is 18.8 Å². The minimum atomic E-state index is -0.575. The number of nitro benzene ring substituents is 1. The fraction of sp³-hybridized carbons (Fsp3) is 0.375. The fourth-order valence-corrected chi connectivity index (χ4v) is 2.25. The van der Waals surface area contributed by atoms with E-state index in [0.29, 0.717) is 5.56 Å². The van der Waals surface area contributed by atoms with E-state index < -0.39 is 10.6 Å². The van der Waals surface area contributed by atoms with Crippen LogP contribution in [0.3, 0.4) is 0 Å². The summed E-state index contributed by atoms with van der Waals surface area (Å²) in [6, 6.07) is 2.62. The summed E-state index contributed by atoms with van der Waals surface area (Å²) in [4.78, 5) is 26.2. The fourth-order valence-electron chi connectivity index (χ4n) is 2.25. The highest BCUT2D eigenvalue weighted by Gasteiger charge is 2.21. The molecule has 0 bridgehead atoms. The third-order valence-electron chi connectivity index (χ3n) is 3.50. The quantitative estimate of drug-likeness (QED) is 0.541. The molecular formula is C16H19N3O7. The number of aliphatic hydroxyl groups excluding tert-OH is 1.